The molecule has 118 valence electrons. The summed E-state index contributed by atoms with van der Waals surface area (Å²) >= 11 is 0. The second-order valence-corrected chi connectivity index (χ2v) is 5.59. The van der Waals surface area contributed by atoms with Crippen LogP contribution in [-0.2, 0) is 9.63 Å². The van der Waals surface area contributed by atoms with Crippen molar-refractivity contribution in [3.05, 3.63) is 60.2 Å². The standard InChI is InChI=1S/C18H18N2O3/c1-18(12-16(20-23-18)13-7-4-3-5-8-13)17(21)19-14-9-6-10-15(11-14)22-2/h3-11H,12H2,1-2H3,(H,19,21). The van der Waals surface area contributed by atoms with Crippen molar-refractivity contribution in [1.82, 2.24) is 0 Å². The van der Waals surface area contributed by atoms with E-state index < -0.39 is 5.60 Å². The molecule has 2 aromatic rings. The zero-order chi connectivity index (χ0) is 16.3. The predicted molar refractivity (Wildman–Crippen MR) is 88.7 cm³/mol. The Bertz CT molecular complexity index is 743. The summed E-state index contributed by atoms with van der Waals surface area (Å²) in [6.07, 6.45) is 0.423. The van der Waals surface area contributed by atoms with Gasteiger partial charge in [0.15, 0.2) is 0 Å². The van der Waals surface area contributed by atoms with Gasteiger partial charge in [0.25, 0.3) is 5.91 Å². The molecule has 23 heavy (non-hydrogen) atoms. The first-order chi connectivity index (χ1) is 11.1. The molecule has 1 N–H and O–H groups in total. The summed E-state index contributed by atoms with van der Waals surface area (Å²) in [5.41, 5.74) is 1.38. The van der Waals surface area contributed by atoms with Crippen LogP contribution in [0.5, 0.6) is 5.75 Å². The minimum absolute atomic E-state index is 0.236. The molecule has 2 aromatic carbocycles. The summed E-state index contributed by atoms with van der Waals surface area (Å²) < 4.78 is 5.16. The van der Waals surface area contributed by atoms with Crippen LogP contribution in [-0.4, -0.2) is 24.3 Å². The number of anilines is 1. The largest absolute Gasteiger partial charge is 0.497 e. The summed E-state index contributed by atoms with van der Waals surface area (Å²) in [7, 11) is 1.59. The SMILES string of the molecule is COc1cccc(NC(=O)C2(C)CC(c3ccccc3)=NO2)c1. The Morgan fingerprint density at radius 3 is 2.74 bits per heavy atom. The fourth-order valence-corrected chi connectivity index (χ4v) is 2.41. The molecule has 1 heterocycles. The maximum Gasteiger partial charge on any atom is 0.271 e. The van der Waals surface area contributed by atoms with E-state index in [0.717, 1.165) is 11.3 Å². The van der Waals surface area contributed by atoms with Gasteiger partial charge in [0.2, 0.25) is 5.60 Å². The van der Waals surface area contributed by atoms with Crippen molar-refractivity contribution in [1.29, 1.82) is 0 Å². The lowest BCUT2D eigenvalue weighted by Gasteiger charge is -2.20. The monoisotopic (exact) mass is 310 g/mol. The molecule has 1 amide bonds. The van der Waals surface area contributed by atoms with E-state index in [9.17, 15) is 4.79 Å². The van der Waals surface area contributed by atoms with E-state index in [1.807, 2.05) is 42.5 Å². The van der Waals surface area contributed by atoms with Gasteiger partial charge in [-0.2, -0.15) is 0 Å². The van der Waals surface area contributed by atoms with Gasteiger partial charge in [-0.1, -0.05) is 41.6 Å². The summed E-state index contributed by atoms with van der Waals surface area (Å²) in [5.74, 6) is 0.446. The quantitative estimate of drug-likeness (QED) is 0.943. The Labute approximate surface area is 134 Å². The van der Waals surface area contributed by atoms with E-state index in [1.54, 1.807) is 26.2 Å². The molecule has 0 bridgehead atoms. The molecular weight excluding hydrogens is 292 g/mol. The third kappa shape index (κ3) is 3.18. The highest BCUT2D eigenvalue weighted by molar-refractivity contribution is 6.07. The van der Waals surface area contributed by atoms with Crippen LogP contribution in [0.15, 0.2) is 59.8 Å². The molecule has 5 heteroatoms. The first kappa shape index (κ1) is 15.1. The number of amides is 1. The number of nitrogens with one attached hydrogen (secondary N) is 1. The average molecular weight is 310 g/mol. The highest BCUT2D eigenvalue weighted by atomic mass is 16.7. The number of methoxy groups -OCH3 is 1. The maximum atomic E-state index is 12.6. The summed E-state index contributed by atoms with van der Waals surface area (Å²) in [4.78, 5) is 18.0. The number of nitrogens with zero attached hydrogens (tertiary/aromatic N) is 1. The van der Waals surface area contributed by atoms with E-state index in [0.29, 0.717) is 17.9 Å². The van der Waals surface area contributed by atoms with Gasteiger partial charge < -0.3 is 14.9 Å². The second kappa shape index (κ2) is 6.12. The summed E-state index contributed by atoms with van der Waals surface area (Å²) in [6, 6.07) is 16.9. The van der Waals surface area contributed by atoms with E-state index in [4.69, 9.17) is 9.57 Å². The Balaban J connectivity index is 1.71. The molecule has 3 rings (SSSR count). The number of ether oxygens (including phenoxy) is 1. The first-order valence-corrected chi connectivity index (χ1v) is 7.37. The number of rotatable bonds is 4. The molecule has 0 fully saturated rings. The average Bonchev–Trinajstić information content (AvgIpc) is 3.00. The van der Waals surface area contributed by atoms with Gasteiger partial charge in [-0.15, -0.1) is 0 Å². The predicted octanol–water partition coefficient (Wildman–Crippen LogP) is 3.22. The van der Waals surface area contributed by atoms with Crippen LogP contribution in [0.1, 0.15) is 18.9 Å². The minimum Gasteiger partial charge on any atom is -0.497 e. The molecule has 0 aliphatic carbocycles. The molecule has 1 aliphatic rings. The Morgan fingerprint density at radius 2 is 2.00 bits per heavy atom. The van der Waals surface area contributed by atoms with Crippen LogP contribution >= 0.6 is 0 Å². The summed E-state index contributed by atoms with van der Waals surface area (Å²) in [6.45, 7) is 1.74. The Kier molecular flexibility index (Phi) is 4.02. The van der Waals surface area contributed by atoms with Crippen molar-refractivity contribution in [2.45, 2.75) is 18.9 Å². The lowest BCUT2D eigenvalue weighted by atomic mass is 9.95. The maximum absolute atomic E-state index is 12.6. The number of hydrogen-bond acceptors (Lipinski definition) is 4. The third-order valence-electron chi connectivity index (χ3n) is 3.78. The van der Waals surface area contributed by atoms with Crippen molar-refractivity contribution >= 4 is 17.3 Å². The zero-order valence-corrected chi connectivity index (χ0v) is 13.1. The molecule has 1 aliphatic heterocycles. The number of carbonyl (C=O) groups is 1. The minimum atomic E-state index is -1.02. The van der Waals surface area contributed by atoms with Crippen molar-refractivity contribution in [3.8, 4) is 5.75 Å². The molecule has 0 spiro atoms. The van der Waals surface area contributed by atoms with Crippen LogP contribution in [0.25, 0.3) is 0 Å². The van der Waals surface area contributed by atoms with Gasteiger partial charge in [-0.3, -0.25) is 4.79 Å². The first-order valence-electron chi connectivity index (χ1n) is 7.37. The van der Waals surface area contributed by atoms with E-state index in [2.05, 4.69) is 10.5 Å². The smallest absolute Gasteiger partial charge is 0.271 e. The van der Waals surface area contributed by atoms with Gasteiger partial charge in [0, 0.05) is 18.2 Å². The van der Waals surface area contributed by atoms with Crippen molar-refractivity contribution in [2.75, 3.05) is 12.4 Å². The third-order valence-corrected chi connectivity index (χ3v) is 3.78. The van der Waals surface area contributed by atoms with Crippen LogP contribution in [0, 0.1) is 0 Å². The highest BCUT2D eigenvalue weighted by Gasteiger charge is 2.42. The van der Waals surface area contributed by atoms with E-state index in [-0.39, 0.29) is 5.91 Å². The van der Waals surface area contributed by atoms with Gasteiger partial charge in [0.05, 0.1) is 12.8 Å². The van der Waals surface area contributed by atoms with Gasteiger partial charge in [-0.25, -0.2) is 0 Å². The van der Waals surface area contributed by atoms with Crippen LogP contribution < -0.4 is 10.1 Å². The lowest BCUT2D eigenvalue weighted by Crippen LogP contribution is -2.40. The number of oxime groups is 1. The van der Waals surface area contributed by atoms with Gasteiger partial charge >= 0.3 is 0 Å². The normalized spacial score (nSPS) is 19.7. The molecular formula is C18H18N2O3. The number of carbonyl (C=O) groups excluding carboxylic acids is 1. The molecule has 0 aromatic heterocycles. The van der Waals surface area contributed by atoms with Crippen molar-refractivity contribution in [3.63, 3.8) is 0 Å². The van der Waals surface area contributed by atoms with E-state index in [1.165, 1.54) is 0 Å². The second-order valence-electron chi connectivity index (χ2n) is 5.59. The van der Waals surface area contributed by atoms with Crippen LogP contribution in [0.3, 0.4) is 0 Å². The zero-order valence-electron chi connectivity index (χ0n) is 13.1. The number of hydrogen-bond donors (Lipinski definition) is 1. The molecule has 0 radical (unpaired) electrons. The topological polar surface area (TPSA) is 59.9 Å². The fourth-order valence-electron chi connectivity index (χ4n) is 2.41. The molecule has 5 nitrogen and oxygen atoms in total. The van der Waals surface area contributed by atoms with Crippen LogP contribution in [0.4, 0.5) is 5.69 Å². The number of benzene rings is 2. The molecule has 1 atom stereocenters. The highest BCUT2D eigenvalue weighted by Crippen LogP contribution is 2.28. The Morgan fingerprint density at radius 1 is 1.22 bits per heavy atom. The van der Waals surface area contributed by atoms with Crippen molar-refractivity contribution < 1.29 is 14.4 Å². The van der Waals surface area contributed by atoms with Gasteiger partial charge in [0.1, 0.15) is 5.75 Å². The fraction of sp³-hybridized carbons (Fsp3) is 0.222. The molecule has 1 unspecified atom stereocenters. The lowest BCUT2D eigenvalue weighted by molar-refractivity contribution is -0.135. The van der Waals surface area contributed by atoms with Gasteiger partial charge in [-0.05, 0) is 24.6 Å². The molecule has 0 saturated heterocycles. The van der Waals surface area contributed by atoms with E-state index >= 15 is 0 Å². The summed E-state index contributed by atoms with van der Waals surface area (Å²) in [5, 5.41) is 6.94. The van der Waals surface area contributed by atoms with Crippen molar-refractivity contribution in [2.24, 2.45) is 5.16 Å². The Hall–Kier alpha value is -2.82. The molecule has 0 saturated carbocycles. The van der Waals surface area contributed by atoms with Crippen LogP contribution in [0.2, 0.25) is 0 Å².